The van der Waals surface area contributed by atoms with Crippen molar-refractivity contribution < 1.29 is 8.78 Å². The Bertz CT molecular complexity index is 793. The summed E-state index contributed by atoms with van der Waals surface area (Å²) in [7, 11) is 0. The zero-order valence-electron chi connectivity index (χ0n) is 13.2. The summed E-state index contributed by atoms with van der Waals surface area (Å²) in [6.07, 6.45) is 6.18. The molecule has 0 bridgehead atoms. The van der Waals surface area contributed by atoms with Crippen molar-refractivity contribution in [2.75, 3.05) is 6.54 Å². The SMILES string of the molecule is Cc1[nH]c2c(F)cc(F)cc2c1CCN[C@@H](C)Cn1ccnc1. The van der Waals surface area contributed by atoms with Gasteiger partial charge in [-0.15, -0.1) is 0 Å². The van der Waals surface area contributed by atoms with E-state index < -0.39 is 11.6 Å². The Morgan fingerprint density at radius 1 is 1.35 bits per heavy atom. The first-order valence-electron chi connectivity index (χ1n) is 7.70. The third kappa shape index (κ3) is 3.42. The van der Waals surface area contributed by atoms with Crippen molar-refractivity contribution in [1.82, 2.24) is 19.9 Å². The van der Waals surface area contributed by atoms with Crippen LogP contribution in [-0.2, 0) is 13.0 Å². The molecule has 0 fully saturated rings. The normalized spacial score (nSPS) is 12.9. The molecule has 0 aliphatic heterocycles. The number of nitrogens with zero attached hydrogens (tertiary/aromatic N) is 2. The number of fused-ring (bicyclic) bond motifs is 1. The van der Waals surface area contributed by atoms with Gasteiger partial charge in [-0.1, -0.05) is 0 Å². The van der Waals surface area contributed by atoms with E-state index in [1.165, 1.54) is 6.07 Å². The number of benzene rings is 1. The number of hydrogen-bond acceptors (Lipinski definition) is 2. The van der Waals surface area contributed by atoms with Crippen LogP contribution in [0.4, 0.5) is 8.78 Å². The summed E-state index contributed by atoms with van der Waals surface area (Å²) in [5.41, 5.74) is 2.22. The van der Waals surface area contributed by atoms with Gasteiger partial charge >= 0.3 is 0 Å². The zero-order valence-corrected chi connectivity index (χ0v) is 13.2. The largest absolute Gasteiger partial charge is 0.356 e. The topological polar surface area (TPSA) is 45.6 Å². The molecular weight excluding hydrogens is 298 g/mol. The highest BCUT2D eigenvalue weighted by Crippen LogP contribution is 2.25. The monoisotopic (exact) mass is 318 g/mol. The molecule has 0 radical (unpaired) electrons. The second kappa shape index (κ2) is 6.50. The number of aromatic nitrogens is 3. The third-order valence-electron chi connectivity index (χ3n) is 4.06. The Labute approximate surface area is 133 Å². The molecule has 0 saturated carbocycles. The zero-order chi connectivity index (χ0) is 16.4. The van der Waals surface area contributed by atoms with E-state index in [1.54, 1.807) is 12.5 Å². The van der Waals surface area contributed by atoms with E-state index in [1.807, 2.05) is 17.7 Å². The fourth-order valence-electron chi connectivity index (χ4n) is 2.94. The van der Waals surface area contributed by atoms with Crippen LogP contribution in [0.2, 0.25) is 0 Å². The lowest BCUT2D eigenvalue weighted by atomic mass is 10.1. The maximum atomic E-state index is 13.8. The number of nitrogens with one attached hydrogen (secondary N) is 2. The van der Waals surface area contributed by atoms with Gasteiger partial charge in [0.25, 0.3) is 0 Å². The molecule has 0 saturated heterocycles. The number of halogens is 2. The average molecular weight is 318 g/mol. The van der Waals surface area contributed by atoms with E-state index in [-0.39, 0.29) is 6.04 Å². The van der Waals surface area contributed by atoms with Crippen LogP contribution in [0.15, 0.2) is 30.9 Å². The van der Waals surface area contributed by atoms with Crippen molar-refractivity contribution in [2.24, 2.45) is 0 Å². The summed E-state index contributed by atoms with van der Waals surface area (Å²) < 4.78 is 29.3. The summed E-state index contributed by atoms with van der Waals surface area (Å²) in [6, 6.07) is 2.59. The van der Waals surface area contributed by atoms with Gasteiger partial charge in [0.1, 0.15) is 11.6 Å². The number of aromatic amines is 1. The van der Waals surface area contributed by atoms with E-state index in [4.69, 9.17) is 0 Å². The van der Waals surface area contributed by atoms with E-state index in [2.05, 4.69) is 22.2 Å². The molecule has 0 unspecified atom stereocenters. The van der Waals surface area contributed by atoms with Crippen LogP contribution in [0.1, 0.15) is 18.2 Å². The van der Waals surface area contributed by atoms with E-state index in [9.17, 15) is 8.78 Å². The lowest BCUT2D eigenvalue weighted by Crippen LogP contribution is -2.31. The first kappa shape index (κ1) is 15.7. The first-order valence-corrected chi connectivity index (χ1v) is 7.70. The van der Waals surface area contributed by atoms with Crippen LogP contribution in [-0.4, -0.2) is 27.1 Å². The Balaban J connectivity index is 1.66. The highest BCUT2D eigenvalue weighted by Gasteiger charge is 2.13. The van der Waals surface area contributed by atoms with Gasteiger partial charge in [0.15, 0.2) is 0 Å². The molecule has 23 heavy (non-hydrogen) atoms. The van der Waals surface area contributed by atoms with Gasteiger partial charge in [-0.05, 0) is 38.4 Å². The van der Waals surface area contributed by atoms with Crippen LogP contribution in [0.3, 0.4) is 0 Å². The average Bonchev–Trinajstić information content (AvgIpc) is 3.09. The Kier molecular flexibility index (Phi) is 4.43. The standard InChI is InChI=1S/C17H20F2N4/c1-11(9-23-6-5-20-10-23)21-4-3-14-12(2)22-17-15(14)7-13(18)8-16(17)19/h5-8,10-11,21-22H,3-4,9H2,1-2H3/t11-/m0/s1. The molecule has 2 aromatic heterocycles. The van der Waals surface area contributed by atoms with Crippen molar-refractivity contribution in [2.45, 2.75) is 32.9 Å². The highest BCUT2D eigenvalue weighted by atomic mass is 19.1. The lowest BCUT2D eigenvalue weighted by molar-refractivity contribution is 0.480. The second-order valence-corrected chi connectivity index (χ2v) is 5.90. The quantitative estimate of drug-likeness (QED) is 0.733. The van der Waals surface area contributed by atoms with Gasteiger partial charge in [0.2, 0.25) is 0 Å². The molecule has 0 spiro atoms. The lowest BCUT2D eigenvalue weighted by Gasteiger charge is -2.14. The predicted octanol–water partition coefficient (Wildman–Crippen LogP) is 3.17. The van der Waals surface area contributed by atoms with Gasteiger partial charge in [-0.2, -0.15) is 0 Å². The van der Waals surface area contributed by atoms with Crippen molar-refractivity contribution in [1.29, 1.82) is 0 Å². The van der Waals surface area contributed by atoms with Gasteiger partial charge in [-0.3, -0.25) is 0 Å². The summed E-state index contributed by atoms with van der Waals surface area (Å²) in [6.45, 7) is 5.56. The van der Waals surface area contributed by atoms with Crippen molar-refractivity contribution in [3.05, 3.63) is 53.7 Å². The van der Waals surface area contributed by atoms with Crippen molar-refractivity contribution in [3.8, 4) is 0 Å². The molecule has 3 aromatic rings. The van der Waals surface area contributed by atoms with Gasteiger partial charge in [0.05, 0.1) is 11.8 Å². The van der Waals surface area contributed by atoms with Crippen molar-refractivity contribution in [3.63, 3.8) is 0 Å². The second-order valence-electron chi connectivity index (χ2n) is 5.90. The van der Waals surface area contributed by atoms with E-state index in [0.29, 0.717) is 17.3 Å². The number of imidazole rings is 1. The van der Waals surface area contributed by atoms with Crippen LogP contribution < -0.4 is 5.32 Å². The smallest absolute Gasteiger partial charge is 0.150 e. The molecular formula is C17H20F2N4. The first-order chi connectivity index (χ1) is 11.0. The molecule has 6 heteroatoms. The molecule has 3 rings (SSSR count). The molecule has 122 valence electrons. The third-order valence-corrected chi connectivity index (χ3v) is 4.06. The maximum Gasteiger partial charge on any atom is 0.150 e. The maximum absolute atomic E-state index is 13.8. The molecule has 1 aromatic carbocycles. The van der Waals surface area contributed by atoms with E-state index >= 15 is 0 Å². The predicted molar refractivity (Wildman–Crippen MR) is 86.3 cm³/mol. The fraction of sp³-hybridized carbons (Fsp3) is 0.353. The molecule has 0 aliphatic rings. The van der Waals surface area contributed by atoms with Crippen LogP contribution in [0.5, 0.6) is 0 Å². The highest BCUT2D eigenvalue weighted by molar-refractivity contribution is 5.85. The Morgan fingerprint density at radius 3 is 2.91 bits per heavy atom. The van der Waals surface area contributed by atoms with Gasteiger partial charge < -0.3 is 14.9 Å². The van der Waals surface area contributed by atoms with Crippen LogP contribution in [0.25, 0.3) is 10.9 Å². The molecule has 1 atom stereocenters. The number of H-pyrrole nitrogens is 1. The minimum absolute atomic E-state index is 0.281. The summed E-state index contributed by atoms with van der Waals surface area (Å²) in [4.78, 5) is 7.03. The number of hydrogen-bond donors (Lipinski definition) is 2. The van der Waals surface area contributed by atoms with Crippen LogP contribution >= 0.6 is 0 Å². The van der Waals surface area contributed by atoms with Crippen LogP contribution in [0, 0.1) is 18.6 Å². The summed E-state index contributed by atoms with van der Waals surface area (Å²) in [5.74, 6) is -1.09. The molecule has 4 nitrogen and oxygen atoms in total. The minimum Gasteiger partial charge on any atom is -0.356 e. The van der Waals surface area contributed by atoms with E-state index in [0.717, 1.165) is 30.4 Å². The van der Waals surface area contributed by atoms with Gasteiger partial charge in [-0.25, -0.2) is 13.8 Å². The number of rotatable bonds is 6. The molecule has 2 N–H and O–H groups in total. The Hall–Kier alpha value is -2.21. The molecule has 0 amide bonds. The Morgan fingerprint density at radius 2 is 2.17 bits per heavy atom. The summed E-state index contributed by atoms with van der Waals surface area (Å²) >= 11 is 0. The minimum atomic E-state index is -0.546. The van der Waals surface area contributed by atoms with Crippen molar-refractivity contribution >= 4 is 10.9 Å². The molecule has 2 heterocycles. The molecule has 0 aliphatic carbocycles. The summed E-state index contributed by atoms with van der Waals surface area (Å²) in [5, 5.41) is 4.06. The number of aryl methyl sites for hydroxylation is 1. The van der Waals surface area contributed by atoms with Gasteiger partial charge in [0, 0.05) is 42.1 Å². The fourth-order valence-corrected chi connectivity index (χ4v) is 2.94.